The van der Waals surface area contributed by atoms with Crippen LogP contribution in [0.25, 0.3) is 0 Å². The minimum atomic E-state index is 0.0492. The molecule has 0 heterocycles. The van der Waals surface area contributed by atoms with Gasteiger partial charge in [-0.05, 0) is 12.1 Å². The molecule has 0 atom stereocenters. The summed E-state index contributed by atoms with van der Waals surface area (Å²) < 4.78 is 0. The Morgan fingerprint density at radius 2 is 2.20 bits per heavy atom. The standard InChI is InChI=1S/C7H6BNO/c8-6-1-2-7(10)5(3-6)4-9/h1-3,10H,8H2. The zero-order valence-corrected chi connectivity index (χ0v) is 5.63. The zero-order chi connectivity index (χ0) is 7.56. The number of nitriles is 1. The molecule has 0 spiro atoms. The summed E-state index contributed by atoms with van der Waals surface area (Å²) in [7, 11) is 1.88. The van der Waals surface area contributed by atoms with Crippen LogP contribution < -0.4 is 5.46 Å². The van der Waals surface area contributed by atoms with E-state index in [0.29, 0.717) is 5.56 Å². The van der Waals surface area contributed by atoms with Crippen LogP contribution in [0.4, 0.5) is 0 Å². The Morgan fingerprint density at radius 3 is 2.70 bits per heavy atom. The number of rotatable bonds is 0. The van der Waals surface area contributed by atoms with Crippen molar-refractivity contribution >= 4 is 13.3 Å². The Labute approximate surface area is 60.1 Å². The van der Waals surface area contributed by atoms with Crippen molar-refractivity contribution in [3.05, 3.63) is 23.8 Å². The van der Waals surface area contributed by atoms with Crippen molar-refractivity contribution in [2.45, 2.75) is 0 Å². The number of phenols is 1. The summed E-state index contributed by atoms with van der Waals surface area (Å²) in [6.07, 6.45) is 0. The third-order valence-electron chi connectivity index (χ3n) is 1.27. The Balaban J connectivity index is 3.25. The van der Waals surface area contributed by atoms with Crippen molar-refractivity contribution in [3.63, 3.8) is 0 Å². The van der Waals surface area contributed by atoms with E-state index in [1.807, 2.05) is 13.9 Å². The lowest BCUT2D eigenvalue weighted by Gasteiger charge is -1.95. The molecular formula is C7H6BNO. The first-order valence-electron chi connectivity index (χ1n) is 2.94. The highest BCUT2D eigenvalue weighted by Crippen LogP contribution is 2.11. The molecule has 0 radical (unpaired) electrons. The van der Waals surface area contributed by atoms with E-state index in [-0.39, 0.29) is 5.75 Å². The Hall–Kier alpha value is -1.43. The van der Waals surface area contributed by atoms with Gasteiger partial charge in [0.05, 0.1) is 5.56 Å². The number of hydrogen-bond donors (Lipinski definition) is 1. The molecule has 0 amide bonds. The molecule has 1 aromatic carbocycles. The van der Waals surface area contributed by atoms with Gasteiger partial charge in [0.25, 0.3) is 0 Å². The van der Waals surface area contributed by atoms with Gasteiger partial charge in [-0.25, -0.2) is 0 Å². The average molecular weight is 131 g/mol. The van der Waals surface area contributed by atoms with Gasteiger partial charge in [0.1, 0.15) is 19.7 Å². The first-order chi connectivity index (χ1) is 4.74. The zero-order valence-electron chi connectivity index (χ0n) is 5.63. The summed E-state index contributed by atoms with van der Waals surface area (Å²) in [4.78, 5) is 0. The smallest absolute Gasteiger partial charge is 0.139 e. The van der Waals surface area contributed by atoms with Gasteiger partial charge in [-0.3, -0.25) is 0 Å². The second-order valence-electron chi connectivity index (χ2n) is 2.13. The molecule has 0 aliphatic rings. The molecule has 0 aromatic heterocycles. The molecule has 0 bridgehead atoms. The van der Waals surface area contributed by atoms with Gasteiger partial charge in [-0.1, -0.05) is 11.5 Å². The highest BCUT2D eigenvalue weighted by Gasteiger charge is 1.96. The number of aromatic hydroxyl groups is 1. The second-order valence-corrected chi connectivity index (χ2v) is 2.13. The van der Waals surface area contributed by atoms with Crippen LogP contribution in [0.15, 0.2) is 18.2 Å². The number of hydrogen-bond acceptors (Lipinski definition) is 2. The minimum Gasteiger partial charge on any atom is -0.507 e. The molecule has 0 fully saturated rings. The third-order valence-corrected chi connectivity index (χ3v) is 1.27. The molecule has 3 heteroatoms. The summed E-state index contributed by atoms with van der Waals surface area (Å²) in [5.41, 5.74) is 1.31. The third kappa shape index (κ3) is 1.11. The summed E-state index contributed by atoms with van der Waals surface area (Å²) >= 11 is 0. The predicted octanol–water partition coefficient (Wildman–Crippen LogP) is -0.478. The van der Waals surface area contributed by atoms with E-state index in [0.717, 1.165) is 5.46 Å². The Kier molecular flexibility index (Phi) is 1.64. The first-order valence-corrected chi connectivity index (χ1v) is 2.94. The highest BCUT2D eigenvalue weighted by molar-refractivity contribution is 6.32. The maximum Gasteiger partial charge on any atom is 0.139 e. The van der Waals surface area contributed by atoms with Crippen LogP contribution >= 0.6 is 0 Å². The van der Waals surface area contributed by atoms with Crippen molar-refractivity contribution in [1.82, 2.24) is 0 Å². The summed E-state index contributed by atoms with van der Waals surface area (Å²) in [5.74, 6) is 0.0492. The largest absolute Gasteiger partial charge is 0.507 e. The van der Waals surface area contributed by atoms with Crippen LogP contribution in [-0.4, -0.2) is 13.0 Å². The molecule has 10 heavy (non-hydrogen) atoms. The molecule has 1 N–H and O–H groups in total. The predicted molar refractivity (Wildman–Crippen MR) is 41.0 cm³/mol. The number of benzene rings is 1. The van der Waals surface area contributed by atoms with E-state index in [1.54, 1.807) is 12.1 Å². The maximum absolute atomic E-state index is 9.01. The van der Waals surface area contributed by atoms with Crippen LogP contribution in [-0.2, 0) is 0 Å². The topological polar surface area (TPSA) is 44.0 Å². The summed E-state index contributed by atoms with van der Waals surface area (Å²) in [5, 5.41) is 17.4. The molecule has 1 aromatic rings. The van der Waals surface area contributed by atoms with Gasteiger partial charge in [-0.15, -0.1) is 0 Å². The van der Waals surface area contributed by atoms with Gasteiger partial charge >= 0.3 is 0 Å². The summed E-state index contributed by atoms with van der Waals surface area (Å²) in [6.45, 7) is 0. The molecular weight excluding hydrogens is 125 g/mol. The van der Waals surface area contributed by atoms with E-state index in [9.17, 15) is 0 Å². The van der Waals surface area contributed by atoms with Crippen LogP contribution in [0.5, 0.6) is 5.75 Å². The van der Waals surface area contributed by atoms with Gasteiger partial charge in [-0.2, -0.15) is 5.26 Å². The van der Waals surface area contributed by atoms with Crippen molar-refractivity contribution in [2.75, 3.05) is 0 Å². The Bertz CT molecular complexity index is 290. The fourth-order valence-corrected chi connectivity index (χ4v) is 0.739. The van der Waals surface area contributed by atoms with Crippen LogP contribution in [0, 0.1) is 11.3 Å². The normalized spacial score (nSPS) is 8.70. The quantitative estimate of drug-likeness (QED) is 0.483. The van der Waals surface area contributed by atoms with Crippen LogP contribution in [0.3, 0.4) is 0 Å². The average Bonchev–Trinajstić information content (AvgIpc) is 1.94. The molecule has 0 aliphatic carbocycles. The lowest BCUT2D eigenvalue weighted by molar-refractivity contribution is 0.473. The van der Waals surface area contributed by atoms with Gasteiger partial charge in [0.15, 0.2) is 0 Å². The number of phenolic OH excluding ortho intramolecular Hbond substituents is 1. The summed E-state index contributed by atoms with van der Waals surface area (Å²) in [6, 6.07) is 6.82. The van der Waals surface area contributed by atoms with Crippen LogP contribution in [0.1, 0.15) is 5.56 Å². The molecule has 0 aliphatic heterocycles. The first kappa shape index (κ1) is 6.69. The fraction of sp³-hybridized carbons (Fsp3) is 0. The van der Waals surface area contributed by atoms with E-state index in [1.165, 1.54) is 6.07 Å². The van der Waals surface area contributed by atoms with Crippen molar-refractivity contribution < 1.29 is 5.11 Å². The van der Waals surface area contributed by atoms with Gasteiger partial charge in [0.2, 0.25) is 0 Å². The van der Waals surface area contributed by atoms with Crippen molar-refractivity contribution in [3.8, 4) is 11.8 Å². The van der Waals surface area contributed by atoms with Gasteiger partial charge in [0, 0.05) is 0 Å². The van der Waals surface area contributed by atoms with Crippen LogP contribution in [0.2, 0.25) is 0 Å². The lowest BCUT2D eigenvalue weighted by Crippen LogP contribution is -2.00. The number of nitrogens with zero attached hydrogens (tertiary/aromatic N) is 1. The van der Waals surface area contributed by atoms with E-state index < -0.39 is 0 Å². The molecule has 48 valence electrons. The molecule has 0 unspecified atom stereocenters. The second kappa shape index (κ2) is 2.44. The van der Waals surface area contributed by atoms with E-state index in [4.69, 9.17) is 10.4 Å². The molecule has 0 saturated heterocycles. The minimum absolute atomic E-state index is 0.0492. The Morgan fingerprint density at radius 1 is 1.50 bits per heavy atom. The van der Waals surface area contributed by atoms with Gasteiger partial charge < -0.3 is 5.11 Å². The fourth-order valence-electron chi connectivity index (χ4n) is 0.739. The highest BCUT2D eigenvalue weighted by atomic mass is 16.3. The maximum atomic E-state index is 9.01. The van der Waals surface area contributed by atoms with E-state index in [2.05, 4.69) is 0 Å². The van der Waals surface area contributed by atoms with Crippen molar-refractivity contribution in [1.29, 1.82) is 5.26 Å². The van der Waals surface area contributed by atoms with Crippen molar-refractivity contribution in [2.24, 2.45) is 0 Å². The molecule has 2 nitrogen and oxygen atoms in total. The molecule has 0 saturated carbocycles. The van der Waals surface area contributed by atoms with E-state index >= 15 is 0 Å². The molecule has 1 rings (SSSR count). The monoisotopic (exact) mass is 131 g/mol. The SMILES string of the molecule is Bc1ccc(O)c(C#N)c1. The lowest BCUT2D eigenvalue weighted by atomic mass is 9.94.